The van der Waals surface area contributed by atoms with E-state index in [0.717, 1.165) is 0 Å². The highest BCUT2D eigenvalue weighted by atomic mass is 16.5. The number of nitrogens with one attached hydrogen (secondary N) is 1. The van der Waals surface area contributed by atoms with E-state index in [0.29, 0.717) is 5.56 Å². The van der Waals surface area contributed by atoms with Crippen LogP contribution in [0.2, 0.25) is 0 Å². The Bertz CT molecular complexity index is 559. The number of rotatable bonds is 2. The number of aromatic amines is 1. The van der Waals surface area contributed by atoms with Gasteiger partial charge in [-0.25, -0.2) is 4.79 Å². The highest BCUT2D eigenvalue weighted by Gasteiger charge is 2.44. The van der Waals surface area contributed by atoms with E-state index in [1.54, 1.807) is 6.92 Å². The van der Waals surface area contributed by atoms with Crippen molar-refractivity contribution in [2.45, 2.75) is 38.2 Å². The number of nitrogens with zero attached hydrogens (tertiary/aromatic N) is 1. The van der Waals surface area contributed by atoms with Crippen LogP contribution in [-0.4, -0.2) is 38.1 Å². The highest BCUT2D eigenvalue weighted by Crippen LogP contribution is 2.35. The maximum atomic E-state index is 11.7. The molecule has 0 bridgehead atoms. The van der Waals surface area contributed by atoms with Gasteiger partial charge in [-0.2, -0.15) is 0 Å². The van der Waals surface area contributed by atoms with E-state index in [2.05, 4.69) is 4.98 Å². The minimum Gasteiger partial charge on any atom is -0.394 e. The van der Waals surface area contributed by atoms with Crippen LogP contribution in [-0.2, 0) is 4.74 Å². The molecule has 0 unspecified atom stereocenters. The van der Waals surface area contributed by atoms with E-state index in [4.69, 9.17) is 9.84 Å². The minimum atomic E-state index is -1.21. The van der Waals surface area contributed by atoms with Gasteiger partial charge in [0.25, 0.3) is 5.56 Å². The average molecular weight is 256 g/mol. The zero-order valence-electron chi connectivity index (χ0n) is 10.2. The van der Waals surface area contributed by atoms with Crippen LogP contribution >= 0.6 is 0 Å². The first-order valence-corrected chi connectivity index (χ1v) is 5.66. The monoisotopic (exact) mass is 256 g/mol. The summed E-state index contributed by atoms with van der Waals surface area (Å²) in [4.78, 5) is 25.1. The first-order chi connectivity index (χ1) is 8.35. The van der Waals surface area contributed by atoms with Crippen molar-refractivity contribution < 1.29 is 14.9 Å². The van der Waals surface area contributed by atoms with Gasteiger partial charge in [0, 0.05) is 18.2 Å². The van der Waals surface area contributed by atoms with Gasteiger partial charge in [0.2, 0.25) is 0 Å². The van der Waals surface area contributed by atoms with Crippen LogP contribution in [0.5, 0.6) is 0 Å². The summed E-state index contributed by atoms with van der Waals surface area (Å²) in [7, 11) is 0. The number of aliphatic hydroxyl groups is 2. The summed E-state index contributed by atoms with van der Waals surface area (Å²) in [5, 5.41) is 19.1. The topological polar surface area (TPSA) is 105 Å². The van der Waals surface area contributed by atoms with Crippen LogP contribution in [0.1, 0.15) is 25.1 Å². The van der Waals surface area contributed by atoms with E-state index < -0.39 is 29.2 Å². The number of ether oxygens (including phenoxy) is 1. The molecule has 0 aliphatic carbocycles. The zero-order valence-corrected chi connectivity index (χ0v) is 10.2. The maximum absolute atomic E-state index is 11.7. The van der Waals surface area contributed by atoms with Gasteiger partial charge in [0.1, 0.15) is 12.3 Å². The largest absolute Gasteiger partial charge is 0.394 e. The van der Waals surface area contributed by atoms with E-state index in [1.807, 2.05) is 0 Å². The molecule has 1 saturated heterocycles. The van der Waals surface area contributed by atoms with Crippen molar-refractivity contribution in [2.75, 3.05) is 6.61 Å². The molecule has 1 aromatic rings. The summed E-state index contributed by atoms with van der Waals surface area (Å²) >= 11 is 0. The maximum Gasteiger partial charge on any atom is 0.330 e. The Kier molecular flexibility index (Phi) is 3.14. The summed E-state index contributed by atoms with van der Waals surface area (Å²) in [6.45, 7) is 2.78. The molecule has 7 heteroatoms. The molecule has 3 atom stereocenters. The Balaban J connectivity index is 2.38. The van der Waals surface area contributed by atoms with Gasteiger partial charge >= 0.3 is 5.69 Å². The Labute approximate surface area is 103 Å². The lowest BCUT2D eigenvalue weighted by Gasteiger charge is -2.20. The predicted octanol–water partition coefficient (Wildman–Crippen LogP) is -1.12. The van der Waals surface area contributed by atoms with Gasteiger partial charge in [-0.15, -0.1) is 0 Å². The van der Waals surface area contributed by atoms with Crippen molar-refractivity contribution >= 4 is 0 Å². The molecule has 100 valence electrons. The smallest absolute Gasteiger partial charge is 0.330 e. The molecule has 3 N–H and O–H groups in total. The molecule has 2 heterocycles. The van der Waals surface area contributed by atoms with Crippen LogP contribution in [0.3, 0.4) is 0 Å². The van der Waals surface area contributed by atoms with Crippen molar-refractivity contribution in [3.8, 4) is 0 Å². The number of hydrogen-bond donors (Lipinski definition) is 3. The Morgan fingerprint density at radius 1 is 1.61 bits per heavy atom. The molecular formula is C11H16N2O5. The lowest BCUT2D eigenvalue weighted by atomic mass is 9.98. The molecule has 1 aliphatic rings. The highest BCUT2D eigenvalue weighted by molar-refractivity contribution is 5.03. The molecule has 18 heavy (non-hydrogen) atoms. The van der Waals surface area contributed by atoms with Crippen LogP contribution in [0.4, 0.5) is 0 Å². The summed E-state index contributed by atoms with van der Waals surface area (Å²) < 4.78 is 6.65. The fraction of sp³-hybridized carbons (Fsp3) is 0.636. The molecule has 0 saturated carbocycles. The molecule has 2 rings (SSSR count). The minimum absolute atomic E-state index is 0.170. The average Bonchev–Trinajstić information content (AvgIpc) is 2.58. The standard InChI is InChI=1S/C11H16N2O5/c1-6-4-13(10(16)12-9(6)15)8-3-11(2,17)7(5-14)18-8/h4,7-8,14,17H,3,5H2,1-2H3,(H,12,15,16)/t7-,8+,11-/m1/s1. The fourth-order valence-electron chi connectivity index (χ4n) is 2.07. The van der Waals surface area contributed by atoms with Gasteiger partial charge in [-0.05, 0) is 13.8 Å². The van der Waals surface area contributed by atoms with Gasteiger partial charge in [0.05, 0.1) is 12.2 Å². The second-order valence-corrected chi connectivity index (χ2v) is 4.80. The summed E-state index contributed by atoms with van der Waals surface area (Å²) in [6.07, 6.45) is 0.118. The Morgan fingerprint density at radius 3 is 2.83 bits per heavy atom. The van der Waals surface area contributed by atoms with Crippen molar-refractivity contribution in [3.63, 3.8) is 0 Å². The number of aryl methyl sites for hydroxylation is 1. The van der Waals surface area contributed by atoms with Crippen LogP contribution in [0, 0.1) is 6.92 Å². The van der Waals surface area contributed by atoms with Crippen molar-refractivity contribution in [3.05, 3.63) is 32.6 Å². The van der Waals surface area contributed by atoms with Gasteiger partial charge in [-0.3, -0.25) is 14.3 Å². The molecule has 0 amide bonds. The van der Waals surface area contributed by atoms with Gasteiger partial charge in [-0.1, -0.05) is 0 Å². The zero-order chi connectivity index (χ0) is 13.5. The van der Waals surface area contributed by atoms with Crippen LogP contribution in [0.15, 0.2) is 15.8 Å². The number of H-pyrrole nitrogens is 1. The van der Waals surface area contributed by atoms with E-state index in [-0.39, 0.29) is 13.0 Å². The van der Waals surface area contributed by atoms with Gasteiger partial charge < -0.3 is 14.9 Å². The molecular weight excluding hydrogens is 240 g/mol. The normalized spacial score (nSPS) is 31.8. The Morgan fingerprint density at radius 2 is 2.28 bits per heavy atom. The number of aliphatic hydroxyl groups excluding tert-OH is 1. The lowest BCUT2D eigenvalue weighted by Crippen LogP contribution is -2.37. The van der Waals surface area contributed by atoms with Crippen molar-refractivity contribution in [1.29, 1.82) is 0 Å². The third-order valence-corrected chi connectivity index (χ3v) is 3.22. The van der Waals surface area contributed by atoms with Gasteiger partial charge in [0.15, 0.2) is 0 Å². The lowest BCUT2D eigenvalue weighted by molar-refractivity contribution is -0.0753. The van der Waals surface area contributed by atoms with E-state index >= 15 is 0 Å². The third kappa shape index (κ3) is 2.12. The van der Waals surface area contributed by atoms with Crippen LogP contribution < -0.4 is 11.2 Å². The summed E-state index contributed by atoms with van der Waals surface area (Å²) in [5.41, 5.74) is -1.86. The summed E-state index contributed by atoms with van der Waals surface area (Å²) in [6, 6.07) is 0. The first-order valence-electron chi connectivity index (χ1n) is 5.66. The SMILES string of the molecule is Cc1cn([C@@H]2C[C@@](C)(O)[C@@H](CO)O2)c(=O)[nH]c1=O. The second kappa shape index (κ2) is 4.34. The molecule has 0 spiro atoms. The Hall–Kier alpha value is -1.44. The molecule has 1 aliphatic heterocycles. The van der Waals surface area contributed by atoms with Crippen molar-refractivity contribution in [2.24, 2.45) is 0 Å². The number of aromatic nitrogens is 2. The van der Waals surface area contributed by atoms with Crippen LogP contribution in [0.25, 0.3) is 0 Å². The summed E-state index contributed by atoms with van der Waals surface area (Å²) in [5.74, 6) is 0. The molecule has 1 aromatic heterocycles. The third-order valence-electron chi connectivity index (χ3n) is 3.22. The molecule has 0 radical (unpaired) electrons. The van der Waals surface area contributed by atoms with E-state index in [1.165, 1.54) is 17.7 Å². The second-order valence-electron chi connectivity index (χ2n) is 4.80. The van der Waals surface area contributed by atoms with Crippen molar-refractivity contribution in [1.82, 2.24) is 9.55 Å². The fourth-order valence-corrected chi connectivity index (χ4v) is 2.07. The quantitative estimate of drug-likeness (QED) is 0.621. The van der Waals surface area contributed by atoms with E-state index in [9.17, 15) is 14.7 Å². The molecule has 0 aromatic carbocycles. The molecule has 1 fully saturated rings. The molecule has 7 nitrogen and oxygen atoms in total. The first kappa shape index (κ1) is 13.0. The predicted molar refractivity (Wildman–Crippen MR) is 62.3 cm³/mol. The number of hydrogen-bond acceptors (Lipinski definition) is 5.